The number of imide groups is 1. The number of hydrogen-bond acceptors (Lipinski definition) is 6. The van der Waals surface area contributed by atoms with E-state index in [-0.39, 0.29) is 25.0 Å². The van der Waals surface area contributed by atoms with Crippen molar-refractivity contribution in [3.8, 4) is 11.5 Å². The van der Waals surface area contributed by atoms with Gasteiger partial charge in [-0.25, -0.2) is 0 Å². The van der Waals surface area contributed by atoms with Crippen molar-refractivity contribution in [2.24, 2.45) is 0 Å². The Labute approximate surface area is 191 Å². The highest BCUT2D eigenvalue weighted by Crippen LogP contribution is 2.33. The number of thiophene rings is 1. The van der Waals surface area contributed by atoms with Crippen LogP contribution in [0.25, 0.3) is 5.57 Å². The van der Waals surface area contributed by atoms with E-state index in [1.54, 1.807) is 31.4 Å². The highest BCUT2D eigenvalue weighted by molar-refractivity contribution is 7.11. The van der Waals surface area contributed by atoms with Crippen molar-refractivity contribution in [2.45, 2.75) is 13.8 Å². The first-order valence-corrected chi connectivity index (χ1v) is 11.1. The smallest absolute Gasteiger partial charge is 0.278 e. The van der Waals surface area contributed by atoms with Crippen molar-refractivity contribution in [3.05, 3.63) is 81.7 Å². The number of ether oxygens (including phenoxy) is 2. The predicted octanol–water partition coefficient (Wildman–Crippen LogP) is 4.64. The summed E-state index contributed by atoms with van der Waals surface area (Å²) in [5, 5.41) is 5.09. The van der Waals surface area contributed by atoms with Gasteiger partial charge in [-0.2, -0.15) is 0 Å². The first-order chi connectivity index (χ1) is 15.5. The Bertz CT molecular complexity index is 1170. The van der Waals surface area contributed by atoms with Crippen molar-refractivity contribution >= 4 is 34.4 Å². The molecule has 2 aromatic carbocycles. The van der Waals surface area contributed by atoms with Gasteiger partial charge in [0.2, 0.25) is 0 Å². The molecule has 1 aliphatic heterocycles. The third-order valence-electron chi connectivity index (χ3n) is 5.35. The molecule has 1 aliphatic rings. The second-order valence-corrected chi connectivity index (χ2v) is 8.38. The maximum atomic E-state index is 13.2. The lowest BCUT2D eigenvalue weighted by atomic mass is 10.1. The number of methoxy groups -OCH3 is 1. The molecule has 0 bridgehead atoms. The van der Waals surface area contributed by atoms with E-state index in [9.17, 15) is 9.59 Å². The molecule has 1 N–H and O–H groups in total. The zero-order chi connectivity index (χ0) is 22.7. The fourth-order valence-corrected chi connectivity index (χ4v) is 4.20. The normalized spacial score (nSPS) is 13.7. The summed E-state index contributed by atoms with van der Waals surface area (Å²) < 4.78 is 10.9. The topological polar surface area (TPSA) is 67.9 Å². The van der Waals surface area contributed by atoms with Crippen LogP contribution in [0.3, 0.4) is 0 Å². The van der Waals surface area contributed by atoms with Crippen LogP contribution in [-0.4, -0.2) is 37.0 Å². The summed E-state index contributed by atoms with van der Waals surface area (Å²) in [6.07, 6.45) is 0. The van der Waals surface area contributed by atoms with Crippen LogP contribution < -0.4 is 14.8 Å². The van der Waals surface area contributed by atoms with Crippen LogP contribution in [0.5, 0.6) is 11.5 Å². The molecule has 32 heavy (non-hydrogen) atoms. The maximum Gasteiger partial charge on any atom is 0.278 e. The van der Waals surface area contributed by atoms with Gasteiger partial charge in [-0.15, -0.1) is 11.3 Å². The van der Waals surface area contributed by atoms with Crippen LogP contribution in [0.1, 0.15) is 16.0 Å². The average molecular weight is 449 g/mol. The molecule has 0 fully saturated rings. The molecule has 0 saturated heterocycles. The minimum absolute atomic E-state index is 0.149. The third kappa shape index (κ3) is 4.38. The van der Waals surface area contributed by atoms with Crippen molar-refractivity contribution in [3.63, 3.8) is 0 Å². The number of carbonyl (C=O) groups is 2. The minimum Gasteiger partial charge on any atom is -0.497 e. The van der Waals surface area contributed by atoms with Gasteiger partial charge in [0.05, 0.1) is 19.2 Å². The van der Waals surface area contributed by atoms with Crippen molar-refractivity contribution in [2.75, 3.05) is 25.6 Å². The van der Waals surface area contributed by atoms with Gasteiger partial charge in [0, 0.05) is 10.6 Å². The average Bonchev–Trinajstić information content (AvgIpc) is 3.39. The fraction of sp³-hybridized carbons (Fsp3) is 0.200. The lowest BCUT2D eigenvalue weighted by Gasteiger charge is -2.16. The van der Waals surface area contributed by atoms with Crippen LogP contribution in [0.2, 0.25) is 0 Å². The van der Waals surface area contributed by atoms with E-state index >= 15 is 0 Å². The first kappa shape index (κ1) is 21.6. The Morgan fingerprint density at radius 3 is 2.34 bits per heavy atom. The minimum atomic E-state index is -0.352. The van der Waals surface area contributed by atoms with E-state index in [2.05, 4.69) is 5.32 Å². The molecule has 2 heterocycles. The molecule has 0 unspecified atom stereocenters. The number of amides is 2. The van der Waals surface area contributed by atoms with Crippen LogP contribution in [0.15, 0.2) is 65.7 Å². The summed E-state index contributed by atoms with van der Waals surface area (Å²) in [5.41, 5.74) is 3.73. The zero-order valence-corrected chi connectivity index (χ0v) is 19.0. The Kier molecular flexibility index (Phi) is 6.28. The molecule has 0 radical (unpaired) electrons. The van der Waals surface area contributed by atoms with Crippen molar-refractivity contribution < 1.29 is 19.1 Å². The molecule has 7 heteroatoms. The fourth-order valence-electron chi connectivity index (χ4n) is 3.43. The second-order valence-electron chi connectivity index (χ2n) is 7.44. The van der Waals surface area contributed by atoms with Gasteiger partial charge in [0.15, 0.2) is 0 Å². The lowest BCUT2D eigenvalue weighted by molar-refractivity contribution is -0.137. The molecular formula is C25H24N2O4S. The van der Waals surface area contributed by atoms with Crippen LogP contribution >= 0.6 is 11.3 Å². The zero-order valence-electron chi connectivity index (χ0n) is 18.2. The molecule has 164 valence electrons. The van der Waals surface area contributed by atoms with Crippen molar-refractivity contribution in [1.82, 2.24) is 4.90 Å². The van der Waals surface area contributed by atoms with Gasteiger partial charge in [-0.1, -0.05) is 12.1 Å². The van der Waals surface area contributed by atoms with E-state index in [1.807, 2.05) is 49.6 Å². The quantitative estimate of drug-likeness (QED) is 0.509. The number of rotatable bonds is 8. The summed E-state index contributed by atoms with van der Waals surface area (Å²) in [6.45, 7) is 4.39. The van der Waals surface area contributed by atoms with E-state index < -0.39 is 0 Å². The van der Waals surface area contributed by atoms with Crippen LogP contribution in [0.4, 0.5) is 5.69 Å². The van der Waals surface area contributed by atoms with Gasteiger partial charge < -0.3 is 14.8 Å². The van der Waals surface area contributed by atoms with Gasteiger partial charge in [-0.05, 0) is 72.8 Å². The highest BCUT2D eigenvalue weighted by Gasteiger charge is 2.39. The standard InChI is InChI=1S/C25H24N2O4S/c1-16-6-7-18(15-17(16)2)26-23-22(21-5-4-14-32-21)24(28)27(25(23)29)12-13-31-20-10-8-19(30-3)9-11-20/h4-11,14-15,26H,12-13H2,1-3H3. The monoisotopic (exact) mass is 448 g/mol. The molecule has 4 rings (SSSR count). The first-order valence-electron chi connectivity index (χ1n) is 10.2. The summed E-state index contributed by atoms with van der Waals surface area (Å²) in [4.78, 5) is 28.4. The second kappa shape index (κ2) is 9.28. The molecule has 0 saturated carbocycles. The lowest BCUT2D eigenvalue weighted by Crippen LogP contribution is -2.35. The van der Waals surface area contributed by atoms with E-state index in [4.69, 9.17) is 9.47 Å². The molecular weight excluding hydrogens is 424 g/mol. The number of benzene rings is 2. The Morgan fingerprint density at radius 2 is 1.69 bits per heavy atom. The third-order valence-corrected chi connectivity index (χ3v) is 6.24. The molecule has 0 spiro atoms. The summed E-state index contributed by atoms with van der Waals surface area (Å²) >= 11 is 1.43. The summed E-state index contributed by atoms with van der Waals surface area (Å²) in [5.74, 6) is 0.705. The molecule has 3 aromatic rings. The highest BCUT2D eigenvalue weighted by atomic mass is 32.1. The molecule has 1 aromatic heterocycles. The number of anilines is 1. The number of nitrogens with one attached hydrogen (secondary N) is 1. The number of carbonyl (C=O) groups excluding carboxylic acids is 2. The van der Waals surface area contributed by atoms with E-state index in [1.165, 1.54) is 16.2 Å². The number of hydrogen-bond donors (Lipinski definition) is 1. The molecule has 2 amide bonds. The van der Waals surface area contributed by atoms with Gasteiger partial charge in [0.25, 0.3) is 11.8 Å². The van der Waals surface area contributed by atoms with E-state index in [0.29, 0.717) is 17.0 Å². The molecule has 6 nitrogen and oxygen atoms in total. The van der Waals surface area contributed by atoms with Gasteiger partial charge in [-0.3, -0.25) is 14.5 Å². The predicted molar refractivity (Wildman–Crippen MR) is 126 cm³/mol. The Hall–Kier alpha value is -3.58. The number of aryl methyl sites for hydroxylation is 2. The summed E-state index contributed by atoms with van der Waals surface area (Å²) in [7, 11) is 1.60. The Balaban J connectivity index is 1.52. The van der Waals surface area contributed by atoms with Gasteiger partial charge in [0.1, 0.15) is 23.8 Å². The van der Waals surface area contributed by atoms with Crippen molar-refractivity contribution in [1.29, 1.82) is 0 Å². The van der Waals surface area contributed by atoms with Crippen LogP contribution in [-0.2, 0) is 9.59 Å². The maximum absolute atomic E-state index is 13.2. The van der Waals surface area contributed by atoms with E-state index in [0.717, 1.165) is 27.4 Å². The Morgan fingerprint density at radius 1 is 0.938 bits per heavy atom. The number of nitrogens with zero attached hydrogens (tertiary/aromatic N) is 1. The van der Waals surface area contributed by atoms with Gasteiger partial charge >= 0.3 is 0 Å². The largest absolute Gasteiger partial charge is 0.497 e. The SMILES string of the molecule is COc1ccc(OCCN2C(=O)C(Nc3ccc(C)c(C)c3)=C(c3cccs3)C2=O)cc1. The molecule has 0 atom stereocenters. The molecule has 0 aliphatic carbocycles. The summed E-state index contributed by atoms with van der Waals surface area (Å²) in [6, 6.07) is 16.8. The van der Waals surface area contributed by atoms with Crippen LogP contribution in [0, 0.1) is 13.8 Å².